The van der Waals surface area contributed by atoms with Crippen LogP contribution in [0, 0.1) is 3.57 Å². The fourth-order valence-electron chi connectivity index (χ4n) is 4.62. The molecule has 0 spiro atoms. The molecule has 0 unspecified atom stereocenters. The average Bonchev–Trinajstić information content (AvgIpc) is 3.04. The minimum atomic E-state index is -1.15. The van der Waals surface area contributed by atoms with Gasteiger partial charge in [-0.3, -0.25) is 5.43 Å². The summed E-state index contributed by atoms with van der Waals surface area (Å²) in [6, 6.07) is 15.4. The van der Waals surface area contributed by atoms with Gasteiger partial charge in [0, 0.05) is 10.2 Å². The Morgan fingerprint density at radius 2 is 1.77 bits per heavy atom. The van der Waals surface area contributed by atoms with Gasteiger partial charge in [0.2, 0.25) is 0 Å². The van der Waals surface area contributed by atoms with Crippen LogP contribution in [0.2, 0.25) is 0 Å². The van der Waals surface area contributed by atoms with Crippen LogP contribution in [0.4, 0.5) is 4.79 Å². The van der Waals surface area contributed by atoms with E-state index in [9.17, 15) is 14.7 Å². The van der Waals surface area contributed by atoms with Gasteiger partial charge in [-0.2, -0.15) is 5.10 Å². The number of halogens is 2. The number of hydrogen-bond donors (Lipinski definition) is 4. The number of benzene rings is 3. The van der Waals surface area contributed by atoms with Crippen LogP contribution in [-0.4, -0.2) is 56.5 Å². The van der Waals surface area contributed by atoms with E-state index in [0.717, 1.165) is 19.2 Å². The van der Waals surface area contributed by atoms with E-state index in [0.29, 0.717) is 54.1 Å². The summed E-state index contributed by atoms with van der Waals surface area (Å²) in [6.07, 6.45) is 0.411. The van der Waals surface area contributed by atoms with Crippen molar-refractivity contribution in [3.05, 3.63) is 90.6 Å². The molecule has 1 aliphatic heterocycles. The van der Waals surface area contributed by atoms with E-state index in [2.05, 4.69) is 59.7 Å². The number of rotatable bonds is 15. The Morgan fingerprint density at radius 1 is 1.04 bits per heavy atom. The molecule has 0 fully saturated rings. The van der Waals surface area contributed by atoms with Crippen LogP contribution in [-0.2, 0) is 16.1 Å². The standard InChI is InChI=1S/C33H36BrIN4O8/c1-5-44-26-15-22(30-29(32(41)43-4)19(3)37-33(42)38-30)9-12-25(26)46-18-28(40)39-36-16-21-13-24(35)31(27(14-21)45-6-2)47-17-20-7-10-23(34)11-8-20/h7-16,28,30,39-40H,5-6,17-18H2,1-4H3,(H2,37,38,42)/b36-16-/t28-,30-/m0/s1. The van der Waals surface area contributed by atoms with Crippen molar-refractivity contribution < 1.29 is 38.4 Å². The molecule has 4 rings (SSSR count). The number of amides is 2. The molecule has 14 heteroatoms. The maximum Gasteiger partial charge on any atom is 0.337 e. The fourth-order valence-corrected chi connectivity index (χ4v) is 5.67. The predicted molar refractivity (Wildman–Crippen MR) is 188 cm³/mol. The van der Waals surface area contributed by atoms with Crippen molar-refractivity contribution >= 4 is 56.7 Å². The van der Waals surface area contributed by atoms with Crippen molar-refractivity contribution in [2.24, 2.45) is 5.10 Å². The van der Waals surface area contributed by atoms with Crippen LogP contribution in [0.5, 0.6) is 23.0 Å². The van der Waals surface area contributed by atoms with Gasteiger partial charge in [-0.15, -0.1) is 0 Å². The van der Waals surface area contributed by atoms with Crippen LogP contribution in [0.15, 0.2) is 75.4 Å². The van der Waals surface area contributed by atoms with Gasteiger partial charge in [-0.1, -0.05) is 34.1 Å². The lowest BCUT2D eigenvalue weighted by molar-refractivity contribution is -0.136. The molecule has 2 amide bonds. The highest BCUT2D eigenvalue weighted by molar-refractivity contribution is 14.1. The number of carbonyl (C=O) groups is 2. The quantitative estimate of drug-likeness (QED) is 0.0509. The lowest BCUT2D eigenvalue weighted by Gasteiger charge is -2.28. The summed E-state index contributed by atoms with van der Waals surface area (Å²) < 4.78 is 30.3. The molecule has 0 aliphatic carbocycles. The largest absolute Gasteiger partial charge is 0.490 e. The number of hydrogen-bond acceptors (Lipinski definition) is 10. The highest BCUT2D eigenvalue weighted by Crippen LogP contribution is 2.36. The van der Waals surface area contributed by atoms with Crippen molar-refractivity contribution in [2.45, 2.75) is 39.6 Å². The van der Waals surface area contributed by atoms with Crippen molar-refractivity contribution in [3.63, 3.8) is 0 Å². The Morgan fingerprint density at radius 3 is 2.47 bits per heavy atom. The molecule has 1 aliphatic rings. The van der Waals surface area contributed by atoms with Gasteiger partial charge in [0.15, 0.2) is 29.2 Å². The minimum absolute atomic E-state index is 0.155. The van der Waals surface area contributed by atoms with Gasteiger partial charge < -0.3 is 39.4 Å². The molecule has 250 valence electrons. The summed E-state index contributed by atoms with van der Waals surface area (Å²) in [5.41, 5.74) is 5.67. The van der Waals surface area contributed by atoms with Gasteiger partial charge >= 0.3 is 12.0 Å². The second-order valence-corrected chi connectivity index (χ2v) is 12.2. The number of nitrogens with zero attached hydrogens (tertiary/aromatic N) is 1. The highest BCUT2D eigenvalue weighted by Gasteiger charge is 2.32. The number of aliphatic hydroxyl groups excluding tert-OH is 1. The Balaban J connectivity index is 1.40. The number of allylic oxidation sites excluding steroid dienone is 1. The van der Waals surface area contributed by atoms with Crippen LogP contribution in [0.3, 0.4) is 0 Å². The summed E-state index contributed by atoms with van der Waals surface area (Å²) in [5.74, 6) is 1.38. The summed E-state index contributed by atoms with van der Waals surface area (Å²) >= 11 is 5.64. The molecule has 0 saturated heterocycles. The zero-order chi connectivity index (χ0) is 33.9. The molecule has 0 aromatic heterocycles. The summed E-state index contributed by atoms with van der Waals surface area (Å²) in [7, 11) is 1.28. The van der Waals surface area contributed by atoms with Gasteiger partial charge in [0.05, 0.1) is 41.7 Å². The maximum atomic E-state index is 12.5. The van der Waals surface area contributed by atoms with E-state index in [4.69, 9.17) is 23.7 Å². The second-order valence-electron chi connectivity index (χ2n) is 10.1. The van der Waals surface area contributed by atoms with E-state index in [1.54, 1.807) is 31.3 Å². The lowest BCUT2D eigenvalue weighted by Crippen LogP contribution is -2.45. The van der Waals surface area contributed by atoms with Gasteiger partial charge in [0.25, 0.3) is 0 Å². The first-order valence-electron chi connectivity index (χ1n) is 14.7. The average molecular weight is 823 g/mol. The molecule has 1 heterocycles. The maximum absolute atomic E-state index is 12.5. The third-order valence-corrected chi connectivity index (χ3v) is 8.07. The second kappa shape index (κ2) is 17.2. The van der Waals surface area contributed by atoms with Crippen molar-refractivity contribution in [1.82, 2.24) is 16.1 Å². The van der Waals surface area contributed by atoms with Crippen LogP contribution in [0.1, 0.15) is 43.5 Å². The third kappa shape index (κ3) is 9.74. The molecular formula is C33H36BrIN4O8. The van der Waals surface area contributed by atoms with Gasteiger partial charge in [0.1, 0.15) is 13.2 Å². The third-order valence-electron chi connectivity index (χ3n) is 6.74. The molecule has 2 atom stereocenters. The predicted octanol–water partition coefficient (Wildman–Crippen LogP) is 5.55. The SMILES string of the molecule is CCOc1cc([C@@H]2NC(=O)NC(C)=C2C(=O)OC)ccc1OC[C@H](O)N/N=C\c1cc(I)c(OCc2ccc(Br)cc2)c(OCC)c1. The number of esters is 1. The van der Waals surface area contributed by atoms with Gasteiger partial charge in [-0.05, 0) is 96.5 Å². The Labute approximate surface area is 295 Å². The zero-order valence-corrected chi connectivity index (χ0v) is 30.0. The van der Waals surface area contributed by atoms with Crippen molar-refractivity contribution in [2.75, 3.05) is 26.9 Å². The molecule has 12 nitrogen and oxygen atoms in total. The van der Waals surface area contributed by atoms with Crippen molar-refractivity contribution in [1.29, 1.82) is 0 Å². The van der Waals surface area contributed by atoms with Crippen LogP contribution in [0.25, 0.3) is 0 Å². The number of hydrazone groups is 1. The van der Waals surface area contributed by atoms with E-state index in [1.165, 1.54) is 7.11 Å². The molecule has 0 bridgehead atoms. The number of aliphatic hydroxyl groups is 1. The van der Waals surface area contributed by atoms with E-state index >= 15 is 0 Å². The first-order chi connectivity index (χ1) is 22.6. The molecule has 4 N–H and O–H groups in total. The summed E-state index contributed by atoms with van der Waals surface area (Å²) in [4.78, 5) is 24.7. The van der Waals surface area contributed by atoms with E-state index in [-0.39, 0.29) is 12.2 Å². The number of nitrogens with one attached hydrogen (secondary N) is 3. The fraction of sp³-hybridized carbons (Fsp3) is 0.303. The Kier molecular flexibility index (Phi) is 13.1. The molecular weight excluding hydrogens is 787 g/mol. The zero-order valence-electron chi connectivity index (χ0n) is 26.3. The Bertz CT molecular complexity index is 1630. The number of methoxy groups -OCH3 is 1. The number of urea groups is 1. The monoisotopic (exact) mass is 822 g/mol. The highest BCUT2D eigenvalue weighted by atomic mass is 127. The lowest BCUT2D eigenvalue weighted by atomic mass is 9.95. The summed E-state index contributed by atoms with van der Waals surface area (Å²) in [5, 5.41) is 20.0. The molecule has 3 aromatic carbocycles. The first kappa shape index (κ1) is 35.8. The molecule has 47 heavy (non-hydrogen) atoms. The number of carbonyl (C=O) groups excluding carboxylic acids is 2. The van der Waals surface area contributed by atoms with Gasteiger partial charge in [-0.25, -0.2) is 9.59 Å². The first-order valence-corrected chi connectivity index (χ1v) is 16.6. The van der Waals surface area contributed by atoms with Crippen molar-refractivity contribution in [3.8, 4) is 23.0 Å². The smallest absolute Gasteiger partial charge is 0.337 e. The molecule has 0 radical (unpaired) electrons. The number of ether oxygens (including phenoxy) is 5. The molecule has 3 aromatic rings. The van der Waals surface area contributed by atoms with Crippen LogP contribution >= 0.6 is 38.5 Å². The van der Waals surface area contributed by atoms with E-state index < -0.39 is 24.3 Å². The van der Waals surface area contributed by atoms with Crippen LogP contribution < -0.4 is 35.0 Å². The minimum Gasteiger partial charge on any atom is -0.490 e. The normalized spacial score (nSPS) is 15.0. The molecule has 0 saturated carbocycles. The topological polar surface area (TPSA) is 149 Å². The summed E-state index contributed by atoms with van der Waals surface area (Å²) in [6.45, 7) is 6.37. The Hall–Kier alpha value is -4.02. The van der Waals surface area contributed by atoms with E-state index in [1.807, 2.05) is 50.2 Å².